The Kier molecular flexibility index (Phi) is 2.49. The van der Waals surface area contributed by atoms with Gasteiger partial charge in [-0.2, -0.15) is 4.98 Å². The van der Waals surface area contributed by atoms with Crippen LogP contribution in [-0.2, 0) is 0 Å². The summed E-state index contributed by atoms with van der Waals surface area (Å²) in [6.45, 7) is 4.16. The average molecular weight is 193 g/mol. The van der Waals surface area contributed by atoms with Gasteiger partial charge in [-0.25, -0.2) is 4.98 Å². The Morgan fingerprint density at radius 3 is 2.64 bits per heavy atom. The summed E-state index contributed by atoms with van der Waals surface area (Å²) in [6, 6.07) is 1.90. The molecule has 1 aromatic heterocycles. The molecule has 1 aromatic rings. The summed E-state index contributed by atoms with van der Waals surface area (Å²) in [7, 11) is 2.13. The molecule has 0 atom stereocenters. The minimum Gasteiger partial charge on any atom is -0.368 e. The molecule has 1 saturated heterocycles. The van der Waals surface area contributed by atoms with Crippen LogP contribution >= 0.6 is 0 Å². The maximum absolute atomic E-state index is 5.53. The third-order valence-corrected chi connectivity index (χ3v) is 2.49. The standard InChI is InChI=1S/C9H15N5/c1-13-4-6-14(7-5-13)8-2-3-11-9(10)12-8/h2-3H,4-7H2,1H3,(H2,10,11,12). The van der Waals surface area contributed by atoms with E-state index < -0.39 is 0 Å². The Morgan fingerprint density at radius 1 is 1.29 bits per heavy atom. The van der Waals surface area contributed by atoms with Crippen LogP contribution in [0, 0.1) is 0 Å². The molecule has 0 aliphatic carbocycles. The van der Waals surface area contributed by atoms with Crippen molar-refractivity contribution in [2.45, 2.75) is 0 Å². The Hall–Kier alpha value is -1.36. The summed E-state index contributed by atoms with van der Waals surface area (Å²) >= 11 is 0. The SMILES string of the molecule is CN1CCN(c2ccnc(N)n2)CC1. The first-order valence-electron chi connectivity index (χ1n) is 4.78. The van der Waals surface area contributed by atoms with Crippen LogP contribution in [-0.4, -0.2) is 48.1 Å². The maximum Gasteiger partial charge on any atom is 0.221 e. The van der Waals surface area contributed by atoms with Crippen LogP contribution in [0.1, 0.15) is 0 Å². The lowest BCUT2D eigenvalue weighted by atomic mass is 10.3. The molecule has 2 rings (SSSR count). The second-order valence-corrected chi connectivity index (χ2v) is 3.56. The van der Waals surface area contributed by atoms with Crippen molar-refractivity contribution in [2.24, 2.45) is 0 Å². The monoisotopic (exact) mass is 193 g/mol. The summed E-state index contributed by atoms with van der Waals surface area (Å²) in [6.07, 6.45) is 1.70. The first kappa shape index (κ1) is 9.21. The lowest BCUT2D eigenvalue weighted by Crippen LogP contribution is -2.44. The second kappa shape index (κ2) is 3.79. The van der Waals surface area contributed by atoms with Crippen LogP contribution in [0.3, 0.4) is 0 Å². The van der Waals surface area contributed by atoms with E-state index in [4.69, 9.17) is 5.73 Å². The van der Waals surface area contributed by atoms with E-state index in [1.807, 2.05) is 6.07 Å². The van der Waals surface area contributed by atoms with Crippen molar-refractivity contribution in [1.82, 2.24) is 14.9 Å². The van der Waals surface area contributed by atoms with Gasteiger partial charge in [0.25, 0.3) is 0 Å². The van der Waals surface area contributed by atoms with Crippen LogP contribution in [0.5, 0.6) is 0 Å². The van der Waals surface area contributed by atoms with Gasteiger partial charge in [0, 0.05) is 32.4 Å². The first-order valence-corrected chi connectivity index (χ1v) is 4.78. The number of aromatic nitrogens is 2. The van der Waals surface area contributed by atoms with Gasteiger partial charge in [0.2, 0.25) is 5.95 Å². The van der Waals surface area contributed by atoms with Gasteiger partial charge in [-0.15, -0.1) is 0 Å². The fourth-order valence-electron chi connectivity index (χ4n) is 1.58. The molecule has 1 fully saturated rings. The Morgan fingerprint density at radius 2 is 2.00 bits per heavy atom. The molecule has 0 saturated carbocycles. The van der Waals surface area contributed by atoms with Crippen molar-refractivity contribution < 1.29 is 0 Å². The van der Waals surface area contributed by atoms with Gasteiger partial charge in [0.05, 0.1) is 0 Å². The molecule has 0 unspecified atom stereocenters. The largest absolute Gasteiger partial charge is 0.368 e. The predicted octanol–water partition coefficient (Wildman–Crippen LogP) is -0.189. The van der Waals surface area contributed by atoms with E-state index in [-0.39, 0.29) is 0 Å². The normalized spacial score (nSPS) is 18.5. The molecule has 5 nitrogen and oxygen atoms in total. The molecular weight excluding hydrogens is 178 g/mol. The Balaban J connectivity index is 2.08. The van der Waals surface area contributed by atoms with Gasteiger partial charge < -0.3 is 15.5 Å². The third kappa shape index (κ3) is 1.93. The first-order chi connectivity index (χ1) is 6.75. The van der Waals surface area contributed by atoms with E-state index >= 15 is 0 Å². The minimum atomic E-state index is 0.349. The number of hydrogen-bond acceptors (Lipinski definition) is 5. The molecule has 14 heavy (non-hydrogen) atoms. The highest BCUT2D eigenvalue weighted by molar-refractivity contribution is 5.41. The van der Waals surface area contributed by atoms with Crippen LogP contribution in [0.15, 0.2) is 12.3 Å². The van der Waals surface area contributed by atoms with Crippen LogP contribution < -0.4 is 10.6 Å². The minimum absolute atomic E-state index is 0.349. The van der Waals surface area contributed by atoms with Gasteiger partial charge in [0.1, 0.15) is 5.82 Å². The van der Waals surface area contributed by atoms with E-state index in [0.29, 0.717) is 5.95 Å². The zero-order chi connectivity index (χ0) is 9.97. The summed E-state index contributed by atoms with van der Waals surface area (Å²) < 4.78 is 0. The maximum atomic E-state index is 5.53. The van der Waals surface area contributed by atoms with Gasteiger partial charge >= 0.3 is 0 Å². The topological polar surface area (TPSA) is 58.3 Å². The number of piperazine rings is 1. The molecule has 0 aromatic carbocycles. The predicted molar refractivity (Wildman–Crippen MR) is 56.2 cm³/mol. The number of nitrogen functional groups attached to an aromatic ring is 1. The highest BCUT2D eigenvalue weighted by atomic mass is 15.3. The number of rotatable bonds is 1. The molecule has 1 aliphatic heterocycles. The molecular formula is C9H15N5. The van der Waals surface area contributed by atoms with Crippen LogP contribution in [0.25, 0.3) is 0 Å². The zero-order valence-electron chi connectivity index (χ0n) is 8.35. The van der Waals surface area contributed by atoms with Gasteiger partial charge in [-0.3, -0.25) is 0 Å². The molecule has 2 heterocycles. The molecule has 0 amide bonds. The summed E-state index contributed by atoms with van der Waals surface area (Å²) in [5.41, 5.74) is 5.53. The van der Waals surface area contributed by atoms with E-state index in [1.54, 1.807) is 6.20 Å². The number of anilines is 2. The van der Waals surface area contributed by atoms with Crippen molar-refractivity contribution in [3.63, 3.8) is 0 Å². The van der Waals surface area contributed by atoms with Gasteiger partial charge in [-0.05, 0) is 13.1 Å². The number of hydrogen-bond donors (Lipinski definition) is 1. The van der Waals surface area contributed by atoms with E-state index in [2.05, 4.69) is 26.8 Å². The summed E-state index contributed by atoms with van der Waals surface area (Å²) in [5, 5.41) is 0. The van der Waals surface area contributed by atoms with Gasteiger partial charge in [-0.1, -0.05) is 0 Å². The Bertz CT molecular complexity index is 306. The fraction of sp³-hybridized carbons (Fsp3) is 0.556. The average Bonchev–Trinajstić information content (AvgIpc) is 2.19. The molecule has 0 radical (unpaired) electrons. The van der Waals surface area contributed by atoms with Crippen LogP contribution in [0.4, 0.5) is 11.8 Å². The smallest absolute Gasteiger partial charge is 0.221 e. The number of likely N-dealkylation sites (N-methyl/N-ethyl adjacent to an activating group) is 1. The van der Waals surface area contributed by atoms with Crippen molar-refractivity contribution in [3.8, 4) is 0 Å². The quantitative estimate of drug-likeness (QED) is 0.670. The Labute approximate surface area is 83.5 Å². The van der Waals surface area contributed by atoms with Crippen molar-refractivity contribution >= 4 is 11.8 Å². The van der Waals surface area contributed by atoms with Crippen molar-refractivity contribution in [3.05, 3.63) is 12.3 Å². The van der Waals surface area contributed by atoms with Crippen molar-refractivity contribution in [2.75, 3.05) is 43.9 Å². The third-order valence-electron chi connectivity index (χ3n) is 2.49. The molecule has 2 N–H and O–H groups in total. The van der Waals surface area contributed by atoms with E-state index in [0.717, 1.165) is 32.0 Å². The van der Waals surface area contributed by atoms with Gasteiger partial charge in [0.15, 0.2) is 0 Å². The highest BCUT2D eigenvalue weighted by Gasteiger charge is 2.14. The molecule has 5 heteroatoms. The zero-order valence-corrected chi connectivity index (χ0v) is 8.35. The lowest BCUT2D eigenvalue weighted by Gasteiger charge is -2.33. The number of nitrogens with zero attached hydrogens (tertiary/aromatic N) is 4. The highest BCUT2D eigenvalue weighted by Crippen LogP contribution is 2.12. The summed E-state index contributed by atoms with van der Waals surface area (Å²) in [4.78, 5) is 12.6. The fourth-order valence-corrected chi connectivity index (χ4v) is 1.58. The van der Waals surface area contributed by atoms with Crippen molar-refractivity contribution in [1.29, 1.82) is 0 Å². The molecule has 1 aliphatic rings. The van der Waals surface area contributed by atoms with E-state index in [9.17, 15) is 0 Å². The molecule has 76 valence electrons. The lowest BCUT2D eigenvalue weighted by molar-refractivity contribution is 0.312. The van der Waals surface area contributed by atoms with E-state index in [1.165, 1.54) is 0 Å². The summed E-state index contributed by atoms with van der Waals surface area (Å²) in [5.74, 6) is 1.28. The second-order valence-electron chi connectivity index (χ2n) is 3.56. The number of nitrogens with two attached hydrogens (primary N) is 1. The van der Waals surface area contributed by atoms with Crippen LogP contribution in [0.2, 0.25) is 0 Å². The molecule has 0 bridgehead atoms. The molecule has 0 spiro atoms.